The zero-order chi connectivity index (χ0) is 15.9. The highest BCUT2D eigenvalue weighted by Crippen LogP contribution is 2.29. The summed E-state index contributed by atoms with van der Waals surface area (Å²) in [6.45, 7) is 4.01. The zero-order valence-electron chi connectivity index (χ0n) is 13.1. The van der Waals surface area contributed by atoms with Crippen molar-refractivity contribution in [1.82, 2.24) is 0 Å². The van der Waals surface area contributed by atoms with Crippen LogP contribution in [0.5, 0.6) is 0 Å². The maximum Gasteiger partial charge on any atom is 0.191 e. The topological polar surface area (TPSA) is 37.3 Å². The fraction of sp³-hybridized carbons (Fsp3) is 0.250. The van der Waals surface area contributed by atoms with Crippen molar-refractivity contribution in [3.05, 3.63) is 82.9 Å². The summed E-state index contributed by atoms with van der Waals surface area (Å²) in [5, 5.41) is 10.7. The molecule has 0 saturated heterocycles. The summed E-state index contributed by atoms with van der Waals surface area (Å²) in [5.74, 6) is -0.0945. The van der Waals surface area contributed by atoms with Crippen LogP contribution in [0.4, 0.5) is 0 Å². The van der Waals surface area contributed by atoms with Gasteiger partial charge in [-0.2, -0.15) is 0 Å². The van der Waals surface area contributed by atoms with Crippen LogP contribution in [0, 0.1) is 0 Å². The molecule has 2 aromatic rings. The summed E-state index contributed by atoms with van der Waals surface area (Å²) in [5.41, 5.74) is 2.81. The van der Waals surface area contributed by atoms with Gasteiger partial charge in [0.2, 0.25) is 0 Å². The van der Waals surface area contributed by atoms with Crippen LogP contribution in [0.2, 0.25) is 0 Å². The molecule has 0 amide bonds. The fourth-order valence-electron chi connectivity index (χ4n) is 2.61. The molecule has 0 radical (unpaired) electrons. The van der Waals surface area contributed by atoms with E-state index < -0.39 is 6.10 Å². The molecule has 0 spiro atoms. The van der Waals surface area contributed by atoms with Crippen molar-refractivity contribution in [2.24, 2.45) is 0 Å². The van der Waals surface area contributed by atoms with E-state index in [4.69, 9.17) is 0 Å². The van der Waals surface area contributed by atoms with Crippen molar-refractivity contribution in [3.8, 4) is 0 Å². The highest BCUT2D eigenvalue weighted by Gasteiger charge is 2.23. The van der Waals surface area contributed by atoms with Crippen molar-refractivity contribution in [1.29, 1.82) is 0 Å². The average Bonchev–Trinajstić information content (AvgIpc) is 2.56. The minimum absolute atomic E-state index is 0.0945. The van der Waals surface area contributed by atoms with Crippen LogP contribution < -0.4 is 0 Å². The summed E-state index contributed by atoms with van der Waals surface area (Å²) >= 11 is 0. The van der Waals surface area contributed by atoms with Crippen LogP contribution in [0.3, 0.4) is 0 Å². The predicted octanol–water partition coefficient (Wildman–Crippen LogP) is 4.72. The lowest BCUT2D eigenvalue weighted by Crippen LogP contribution is -2.14. The SMILES string of the molecule is CCC/C(C)=C(\C(=O)c1ccccc1)C(O)c1ccccc1. The molecule has 0 fully saturated rings. The van der Waals surface area contributed by atoms with E-state index in [-0.39, 0.29) is 5.78 Å². The summed E-state index contributed by atoms with van der Waals surface area (Å²) in [6, 6.07) is 18.5. The third-order valence-corrected chi connectivity index (χ3v) is 3.75. The van der Waals surface area contributed by atoms with Gasteiger partial charge < -0.3 is 5.11 Å². The van der Waals surface area contributed by atoms with Crippen LogP contribution in [-0.2, 0) is 0 Å². The summed E-state index contributed by atoms with van der Waals surface area (Å²) in [6.07, 6.45) is 0.858. The number of Topliss-reactive ketones (excluding diaryl/α,β-unsaturated/α-hetero) is 1. The lowest BCUT2D eigenvalue weighted by atomic mass is 9.89. The summed E-state index contributed by atoms with van der Waals surface area (Å²) in [7, 11) is 0. The van der Waals surface area contributed by atoms with E-state index in [1.807, 2.05) is 55.5 Å². The van der Waals surface area contributed by atoms with E-state index in [0.717, 1.165) is 24.0 Å². The third-order valence-electron chi connectivity index (χ3n) is 3.75. The van der Waals surface area contributed by atoms with Gasteiger partial charge in [-0.1, -0.05) is 79.6 Å². The fourth-order valence-corrected chi connectivity index (χ4v) is 2.61. The standard InChI is InChI=1S/C20H22O2/c1-3-10-15(2)18(19(21)16-11-6-4-7-12-16)20(22)17-13-8-5-9-14-17/h4-9,11-14,19,21H,3,10H2,1-2H3/b18-15-. The molecule has 0 bridgehead atoms. The molecule has 1 atom stereocenters. The highest BCUT2D eigenvalue weighted by molar-refractivity contribution is 6.09. The molecule has 22 heavy (non-hydrogen) atoms. The molecule has 0 saturated carbocycles. The molecule has 0 heterocycles. The Morgan fingerprint density at radius 1 is 1.00 bits per heavy atom. The Morgan fingerprint density at radius 2 is 1.55 bits per heavy atom. The molecular formula is C20H22O2. The van der Waals surface area contributed by atoms with Gasteiger partial charge in [-0.25, -0.2) is 0 Å². The van der Waals surface area contributed by atoms with Gasteiger partial charge in [0.25, 0.3) is 0 Å². The van der Waals surface area contributed by atoms with Crippen LogP contribution in [0.25, 0.3) is 0 Å². The number of ketones is 1. The van der Waals surface area contributed by atoms with E-state index in [1.165, 1.54) is 0 Å². The molecule has 1 N–H and O–H groups in total. The van der Waals surface area contributed by atoms with Crippen LogP contribution >= 0.6 is 0 Å². The second kappa shape index (κ2) is 7.71. The maximum absolute atomic E-state index is 12.9. The van der Waals surface area contributed by atoms with Gasteiger partial charge in [0.15, 0.2) is 5.78 Å². The highest BCUT2D eigenvalue weighted by atomic mass is 16.3. The Balaban J connectivity index is 2.44. The van der Waals surface area contributed by atoms with Gasteiger partial charge in [0.1, 0.15) is 6.10 Å². The summed E-state index contributed by atoms with van der Waals surface area (Å²) < 4.78 is 0. The van der Waals surface area contributed by atoms with Crippen LogP contribution in [0.15, 0.2) is 71.8 Å². The first-order valence-corrected chi connectivity index (χ1v) is 7.67. The number of aliphatic hydroxyl groups is 1. The number of carbonyl (C=O) groups is 1. The minimum atomic E-state index is -0.888. The van der Waals surface area contributed by atoms with Gasteiger partial charge in [0.05, 0.1) is 0 Å². The van der Waals surface area contributed by atoms with Crippen molar-refractivity contribution in [2.45, 2.75) is 32.8 Å². The number of benzene rings is 2. The van der Waals surface area contributed by atoms with Crippen molar-refractivity contribution in [2.75, 3.05) is 0 Å². The third kappa shape index (κ3) is 3.71. The van der Waals surface area contributed by atoms with Gasteiger partial charge >= 0.3 is 0 Å². The average molecular weight is 294 g/mol. The Bertz CT molecular complexity index is 642. The first-order chi connectivity index (χ1) is 10.6. The Hall–Kier alpha value is -2.19. The quantitative estimate of drug-likeness (QED) is 0.618. The Kier molecular flexibility index (Phi) is 5.68. The first-order valence-electron chi connectivity index (χ1n) is 7.67. The molecule has 0 aromatic heterocycles. The smallest absolute Gasteiger partial charge is 0.191 e. The van der Waals surface area contributed by atoms with Gasteiger partial charge in [-0.05, 0) is 18.9 Å². The number of hydrogen-bond donors (Lipinski definition) is 1. The Labute approximate surface area is 132 Å². The van der Waals surface area contributed by atoms with Crippen molar-refractivity contribution in [3.63, 3.8) is 0 Å². The molecule has 114 valence electrons. The monoisotopic (exact) mass is 294 g/mol. The minimum Gasteiger partial charge on any atom is -0.384 e. The molecule has 0 aliphatic heterocycles. The first kappa shape index (κ1) is 16.2. The number of carbonyl (C=O) groups excluding carboxylic acids is 1. The molecular weight excluding hydrogens is 272 g/mol. The Morgan fingerprint density at radius 3 is 2.09 bits per heavy atom. The molecule has 2 rings (SSSR count). The maximum atomic E-state index is 12.9. The number of rotatable bonds is 6. The largest absolute Gasteiger partial charge is 0.384 e. The zero-order valence-corrected chi connectivity index (χ0v) is 13.1. The number of aliphatic hydroxyl groups excluding tert-OH is 1. The lowest BCUT2D eigenvalue weighted by Gasteiger charge is -2.18. The molecule has 0 aliphatic carbocycles. The molecule has 1 unspecified atom stereocenters. The molecule has 0 aliphatic rings. The van der Waals surface area contributed by atoms with E-state index in [2.05, 4.69) is 6.92 Å². The molecule has 2 heteroatoms. The van der Waals surface area contributed by atoms with Gasteiger partial charge in [-0.3, -0.25) is 4.79 Å². The van der Waals surface area contributed by atoms with Crippen molar-refractivity contribution >= 4 is 5.78 Å². The summed E-state index contributed by atoms with van der Waals surface area (Å²) in [4.78, 5) is 12.9. The molecule has 2 nitrogen and oxygen atoms in total. The predicted molar refractivity (Wildman–Crippen MR) is 89.8 cm³/mol. The molecule has 2 aromatic carbocycles. The second-order valence-electron chi connectivity index (χ2n) is 5.45. The lowest BCUT2D eigenvalue weighted by molar-refractivity contribution is 0.0984. The van der Waals surface area contributed by atoms with Crippen LogP contribution in [0.1, 0.15) is 48.7 Å². The van der Waals surface area contributed by atoms with E-state index in [0.29, 0.717) is 11.1 Å². The number of hydrogen-bond acceptors (Lipinski definition) is 2. The number of allylic oxidation sites excluding steroid dienone is 1. The second-order valence-corrected chi connectivity index (χ2v) is 5.45. The van der Waals surface area contributed by atoms with Gasteiger partial charge in [-0.15, -0.1) is 0 Å². The van der Waals surface area contributed by atoms with Crippen molar-refractivity contribution < 1.29 is 9.90 Å². The van der Waals surface area contributed by atoms with E-state index in [9.17, 15) is 9.90 Å². The van der Waals surface area contributed by atoms with E-state index >= 15 is 0 Å². The normalized spacial score (nSPS) is 13.4. The van der Waals surface area contributed by atoms with Gasteiger partial charge in [0, 0.05) is 11.1 Å². The van der Waals surface area contributed by atoms with E-state index in [1.54, 1.807) is 12.1 Å². The van der Waals surface area contributed by atoms with Crippen LogP contribution in [-0.4, -0.2) is 10.9 Å².